The Balaban J connectivity index is 2.17. The fraction of sp³-hybridized carbons (Fsp3) is 0.600. The third-order valence-corrected chi connectivity index (χ3v) is 6.83. The second-order valence-electron chi connectivity index (χ2n) is 6.83. The number of nitrogens with one attached hydrogen (secondary N) is 2. The van der Waals surface area contributed by atoms with Gasteiger partial charge < -0.3 is 11.1 Å². The number of anilines is 2. The highest BCUT2D eigenvalue weighted by Crippen LogP contribution is 2.68. The Hall–Kier alpha value is -1.27. The van der Waals surface area contributed by atoms with Crippen molar-refractivity contribution in [2.45, 2.75) is 32.6 Å². The molecule has 1 aromatic carbocycles. The van der Waals surface area contributed by atoms with Gasteiger partial charge in [0.2, 0.25) is 10.0 Å². The highest BCUT2D eigenvalue weighted by atomic mass is 32.2. The van der Waals surface area contributed by atoms with Crippen LogP contribution in [0, 0.1) is 16.7 Å². The summed E-state index contributed by atoms with van der Waals surface area (Å²) in [5, 5.41) is 3.31. The van der Waals surface area contributed by atoms with Crippen molar-refractivity contribution >= 4 is 21.4 Å². The van der Waals surface area contributed by atoms with Crippen LogP contribution in [-0.4, -0.2) is 22.0 Å². The summed E-state index contributed by atoms with van der Waals surface area (Å²) in [6.45, 7) is 9.80. The number of benzene rings is 1. The lowest BCUT2D eigenvalue weighted by molar-refractivity contribution is 0.457. The third-order valence-electron chi connectivity index (χ3n) is 5.42. The Labute approximate surface area is 127 Å². The number of sulfonamides is 1. The van der Waals surface area contributed by atoms with Crippen LogP contribution in [0.2, 0.25) is 0 Å². The molecule has 5 nitrogen and oxygen atoms in total. The summed E-state index contributed by atoms with van der Waals surface area (Å²) in [4.78, 5) is 0.219. The topological polar surface area (TPSA) is 84.2 Å². The molecular weight excluding hydrogens is 286 g/mol. The highest BCUT2D eigenvalue weighted by molar-refractivity contribution is 7.89. The van der Waals surface area contributed by atoms with Gasteiger partial charge in [-0.2, -0.15) is 0 Å². The lowest BCUT2D eigenvalue weighted by Crippen LogP contribution is -2.19. The molecule has 0 amide bonds. The largest absolute Gasteiger partial charge is 0.397 e. The number of nitrogen functional groups attached to an aromatic ring is 1. The van der Waals surface area contributed by atoms with Crippen LogP contribution in [-0.2, 0) is 10.0 Å². The van der Waals surface area contributed by atoms with Gasteiger partial charge in [-0.15, -0.1) is 0 Å². The van der Waals surface area contributed by atoms with Crippen LogP contribution < -0.4 is 15.8 Å². The van der Waals surface area contributed by atoms with Crippen molar-refractivity contribution in [1.82, 2.24) is 4.72 Å². The Morgan fingerprint density at radius 3 is 2.24 bits per heavy atom. The van der Waals surface area contributed by atoms with E-state index in [1.165, 1.54) is 13.1 Å². The van der Waals surface area contributed by atoms with E-state index in [1.54, 1.807) is 12.1 Å². The van der Waals surface area contributed by atoms with Crippen molar-refractivity contribution in [3.05, 3.63) is 18.2 Å². The molecule has 0 bridgehead atoms. The maximum atomic E-state index is 11.8. The molecule has 6 heteroatoms. The summed E-state index contributed by atoms with van der Waals surface area (Å²) in [6, 6.07) is 4.72. The van der Waals surface area contributed by atoms with Gasteiger partial charge >= 0.3 is 0 Å². The van der Waals surface area contributed by atoms with Gasteiger partial charge in [0.1, 0.15) is 0 Å². The van der Waals surface area contributed by atoms with Crippen LogP contribution in [0.15, 0.2) is 23.1 Å². The maximum absolute atomic E-state index is 11.8. The van der Waals surface area contributed by atoms with Crippen molar-refractivity contribution in [2.75, 3.05) is 24.6 Å². The standard InChI is InChI=1S/C15H25N3O2S/c1-14(2)13(15(14,3)4)9-18-12-8-10(6-7-11(12)16)21(19,20)17-5/h6-8,13,17-18H,9,16H2,1-5H3. The summed E-state index contributed by atoms with van der Waals surface area (Å²) in [5.74, 6) is 0.536. The van der Waals surface area contributed by atoms with E-state index in [1.807, 2.05) is 0 Å². The third kappa shape index (κ3) is 2.62. The van der Waals surface area contributed by atoms with E-state index in [9.17, 15) is 8.42 Å². The zero-order valence-electron chi connectivity index (χ0n) is 13.3. The molecule has 21 heavy (non-hydrogen) atoms. The molecule has 1 saturated carbocycles. The Bertz CT molecular complexity index is 637. The van der Waals surface area contributed by atoms with E-state index >= 15 is 0 Å². The van der Waals surface area contributed by atoms with E-state index in [-0.39, 0.29) is 15.7 Å². The summed E-state index contributed by atoms with van der Waals surface area (Å²) in [6.07, 6.45) is 0. The van der Waals surface area contributed by atoms with Crippen LogP contribution >= 0.6 is 0 Å². The molecule has 0 unspecified atom stereocenters. The fourth-order valence-electron chi connectivity index (χ4n) is 3.03. The minimum atomic E-state index is -3.45. The van der Waals surface area contributed by atoms with Crippen LogP contribution in [0.25, 0.3) is 0 Å². The first-order valence-corrected chi connectivity index (χ1v) is 8.59. The second-order valence-corrected chi connectivity index (χ2v) is 8.72. The average Bonchev–Trinajstić information content (AvgIpc) is 2.78. The van der Waals surface area contributed by atoms with Crippen molar-refractivity contribution in [3.8, 4) is 0 Å². The van der Waals surface area contributed by atoms with Crippen LogP contribution in [0.5, 0.6) is 0 Å². The normalized spacial score (nSPS) is 20.2. The minimum Gasteiger partial charge on any atom is -0.397 e. The molecule has 0 heterocycles. The molecule has 0 spiro atoms. The van der Waals surface area contributed by atoms with Gasteiger partial charge in [-0.1, -0.05) is 27.7 Å². The van der Waals surface area contributed by atoms with Gasteiger partial charge in [-0.3, -0.25) is 0 Å². The lowest BCUT2D eigenvalue weighted by atomic mass is 10.0. The van der Waals surface area contributed by atoms with Gasteiger partial charge in [-0.05, 0) is 42.0 Å². The average molecular weight is 311 g/mol. The van der Waals surface area contributed by atoms with Gasteiger partial charge in [-0.25, -0.2) is 13.1 Å². The molecular formula is C15H25N3O2S. The predicted molar refractivity (Wildman–Crippen MR) is 86.6 cm³/mol. The molecule has 1 fully saturated rings. The van der Waals surface area contributed by atoms with Crippen LogP contribution in [0.1, 0.15) is 27.7 Å². The lowest BCUT2D eigenvalue weighted by Gasteiger charge is -2.12. The summed E-state index contributed by atoms with van der Waals surface area (Å²) < 4.78 is 26.0. The molecule has 1 aromatic rings. The zero-order chi connectivity index (χ0) is 16.1. The Morgan fingerprint density at radius 1 is 1.19 bits per heavy atom. The first kappa shape index (κ1) is 16.1. The van der Waals surface area contributed by atoms with Gasteiger partial charge in [0.05, 0.1) is 16.3 Å². The van der Waals surface area contributed by atoms with E-state index in [2.05, 4.69) is 37.7 Å². The quantitative estimate of drug-likeness (QED) is 0.728. The van der Waals surface area contributed by atoms with Gasteiger partial charge in [0.15, 0.2) is 0 Å². The van der Waals surface area contributed by atoms with Crippen LogP contribution in [0.4, 0.5) is 11.4 Å². The predicted octanol–water partition coefficient (Wildman–Crippen LogP) is 2.27. The summed E-state index contributed by atoms with van der Waals surface area (Å²) >= 11 is 0. The van der Waals surface area contributed by atoms with Gasteiger partial charge in [0, 0.05) is 6.54 Å². The monoisotopic (exact) mass is 311 g/mol. The van der Waals surface area contributed by atoms with E-state index in [0.29, 0.717) is 17.3 Å². The highest BCUT2D eigenvalue weighted by Gasteiger charge is 2.64. The minimum absolute atomic E-state index is 0.219. The smallest absolute Gasteiger partial charge is 0.240 e. The number of hydrogen-bond acceptors (Lipinski definition) is 4. The number of rotatable bonds is 5. The molecule has 4 N–H and O–H groups in total. The second kappa shape index (κ2) is 4.88. The van der Waals surface area contributed by atoms with Crippen molar-refractivity contribution in [2.24, 2.45) is 16.7 Å². The van der Waals surface area contributed by atoms with E-state index < -0.39 is 10.0 Å². The molecule has 118 valence electrons. The number of nitrogens with two attached hydrogens (primary N) is 1. The van der Waals surface area contributed by atoms with E-state index in [0.717, 1.165) is 6.54 Å². The molecule has 0 radical (unpaired) electrons. The van der Waals surface area contributed by atoms with Crippen molar-refractivity contribution in [1.29, 1.82) is 0 Å². The molecule has 0 atom stereocenters. The number of hydrogen-bond donors (Lipinski definition) is 3. The molecule has 0 aliphatic heterocycles. The molecule has 0 aromatic heterocycles. The molecule has 2 rings (SSSR count). The van der Waals surface area contributed by atoms with Crippen molar-refractivity contribution < 1.29 is 8.42 Å². The first-order valence-electron chi connectivity index (χ1n) is 7.11. The van der Waals surface area contributed by atoms with Crippen molar-refractivity contribution in [3.63, 3.8) is 0 Å². The van der Waals surface area contributed by atoms with E-state index in [4.69, 9.17) is 5.73 Å². The fourth-order valence-corrected chi connectivity index (χ4v) is 3.78. The summed E-state index contributed by atoms with van der Waals surface area (Å²) in [5.41, 5.74) is 7.73. The Kier molecular flexibility index (Phi) is 3.74. The SMILES string of the molecule is CNS(=O)(=O)c1ccc(N)c(NCC2C(C)(C)C2(C)C)c1. The summed E-state index contributed by atoms with van der Waals surface area (Å²) in [7, 11) is -2.05. The van der Waals surface area contributed by atoms with Gasteiger partial charge in [0.25, 0.3) is 0 Å². The first-order chi connectivity index (χ1) is 9.54. The molecule has 1 aliphatic rings. The zero-order valence-corrected chi connectivity index (χ0v) is 14.1. The van der Waals surface area contributed by atoms with Crippen LogP contribution in [0.3, 0.4) is 0 Å². The molecule has 1 aliphatic carbocycles. The Morgan fingerprint density at radius 2 is 1.76 bits per heavy atom. The maximum Gasteiger partial charge on any atom is 0.240 e. The molecule has 0 saturated heterocycles.